The Kier molecular flexibility index (Phi) is 6.83. The van der Waals surface area contributed by atoms with Gasteiger partial charge in [-0.2, -0.15) is 0 Å². The molecule has 6 heteroatoms. The second-order valence-corrected chi connectivity index (χ2v) is 5.41. The number of nitrogens with one attached hydrogen (secondary N) is 2. The lowest BCUT2D eigenvalue weighted by Gasteiger charge is -2.17. The highest BCUT2D eigenvalue weighted by molar-refractivity contribution is 5.85. The van der Waals surface area contributed by atoms with Crippen molar-refractivity contribution in [2.24, 2.45) is 0 Å². The van der Waals surface area contributed by atoms with Gasteiger partial charge in [0.2, 0.25) is 5.91 Å². The van der Waals surface area contributed by atoms with Crippen molar-refractivity contribution in [3.8, 4) is 11.5 Å². The topological polar surface area (TPSA) is 76.7 Å². The zero-order valence-corrected chi connectivity index (χ0v) is 14.3. The van der Waals surface area contributed by atoms with Crippen molar-refractivity contribution in [2.75, 3.05) is 20.3 Å². The molecule has 0 spiro atoms. The van der Waals surface area contributed by atoms with Crippen molar-refractivity contribution in [3.63, 3.8) is 0 Å². The molecule has 1 atom stereocenters. The quantitative estimate of drug-likeness (QED) is 0.770. The van der Waals surface area contributed by atoms with E-state index in [9.17, 15) is 9.59 Å². The van der Waals surface area contributed by atoms with Crippen LogP contribution in [0.4, 0.5) is 0 Å². The van der Waals surface area contributed by atoms with E-state index in [2.05, 4.69) is 10.6 Å². The van der Waals surface area contributed by atoms with Crippen molar-refractivity contribution in [1.82, 2.24) is 10.6 Å². The molecule has 0 heterocycles. The number of rotatable bonds is 8. The molecule has 6 nitrogen and oxygen atoms in total. The van der Waals surface area contributed by atoms with Gasteiger partial charge in [0.25, 0.3) is 5.91 Å². The Labute approximate surface area is 147 Å². The molecular formula is C19H22N2O4. The van der Waals surface area contributed by atoms with Crippen LogP contribution in [0.3, 0.4) is 0 Å². The van der Waals surface area contributed by atoms with Crippen molar-refractivity contribution in [3.05, 3.63) is 60.2 Å². The van der Waals surface area contributed by atoms with Crippen LogP contribution in [0.1, 0.15) is 18.5 Å². The zero-order valence-electron chi connectivity index (χ0n) is 14.3. The van der Waals surface area contributed by atoms with Gasteiger partial charge < -0.3 is 20.1 Å². The van der Waals surface area contributed by atoms with Crippen LogP contribution in [-0.4, -0.2) is 32.1 Å². The van der Waals surface area contributed by atoms with Crippen LogP contribution >= 0.6 is 0 Å². The molecule has 0 aliphatic rings. The third-order valence-corrected chi connectivity index (χ3v) is 3.54. The average Bonchev–Trinajstić information content (AvgIpc) is 2.65. The van der Waals surface area contributed by atoms with Crippen molar-refractivity contribution >= 4 is 11.8 Å². The van der Waals surface area contributed by atoms with Crippen LogP contribution in [0.2, 0.25) is 0 Å². The smallest absolute Gasteiger partial charge is 0.258 e. The Bertz CT molecular complexity index is 704. The summed E-state index contributed by atoms with van der Waals surface area (Å²) in [5, 5.41) is 5.36. The van der Waals surface area contributed by atoms with Gasteiger partial charge in [-0.25, -0.2) is 0 Å². The summed E-state index contributed by atoms with van der Waals surface area (Å²) >= 11 is 0. The van der Waals surface area contributed by atoms with E-state index in [0.717, 1.165) is 5.56 Å². The van der Waals surface area contributed by atoms with Gasteiger partial charge in [0.15, 0.2) is 6.61 Å². The highest BCUT2D eigenvalue weighted by Crippen LogP contribution is 2.24. The first-order valence-corrected chi connectivity index (χ1v) is 7.97. The lowest BCUT2D eigenvalue weighted by molar-refractivity contribution is -0.127. The molecule has 0 unspecified atom stereocenters. The van der Waals surface area contributed by atoms with E-state index in [1.165, 1.54) is 0 Å². The van der Waals surface area contributed by atoms with Crippen LogP contribution in [0.15, 0.2) is 54.6 Å². The second kappa shape index (κ2) is 9.32. The molecular weight excluding hydrogens is 320 g/mol. The number of para-hydroxylation sites is 2. The third-order valence-electron chi connectivity index (χ3n) is 3.54. The fourth-order valence-electron chi connectivity index (χ4n) is 2.29. The van der Waals surface area contributed by atoms with E-state index in [4.69, 9.17) is 9.47 Å². The van der Waals surface area contributed by atoms with E-state index in [1.807, 2.05) is 49.4 Å². The first-order chi connectivity index (χ1) is 12.1. The monoisotopic (exact) mass is 342 g/mol. The molecule has 2 aromatic rings. The van der Waals surface area contributed by atoms with E-state index in [1.54, 1.807) is 19.2 Å². The van der Waals surface area contributed by atoms with Crippen LogP contribution < -0.4 is 20.1 Å². The summed E-state index contributed by atoms with van der Waals surface area (Å²) < 4.78 is 10.6. The number of carbonyl (C=O) groups excluding carboxylic acids is 2. The molecule has 0 saturated heterocycles. The van der Waals surface area contributed by atoms with Gasteiger partial charge in [0, 0.05) is 5.56 Å². The van der Waals surface area contributed by atoms with Crippen LogP contribution in [0.5, 0.6) is 11.5 Å². The number of carbonyl (C=O) groups is 2. The molecule has 0 bridgehead atoms. The summed E-state index contributed by atoms with van der Waals surface area (Å²) in [5.74, 6) is 0.665. The Morgan fingerprint density at radius 2 is 1.68 bits per heavy atom. The summed E-state index contributed by atoms with van der Waals surface area (Å²) in [4.78, 5) is 23.7. The van der Waals surface area contributed by atoms with E-state index in [-0.39, 0.29) is 31.0 Å². The summed E-state index contributed by atoms with van der Waals surface area (Å²) in [6.07, 6.45) is 0. The predicted octanol–water partition coefficient (Wildman–Crippen LogP) is 2.07. The SMILES string of the molecule is COc1ccccc1[C@@H](C)NC(=O)CNC(=O)COc1ccccc1. The fraction of sp³-hybridized carbons (Fsp3) is 0.263. The summed E-state index contributed by atoms with van der Waals surface area (Å²) in [6.45, 7) is 1.60. The van der Waals surface area contributed by atoms with E-state index in [0.29, 0.717) is 11.5 Å². The van der Waals surface area contributed by atoms with Crippen LogP contribution in [0, 0.1) is 0 Å². The van der Waals surface area contributed by atoms with Crippen molar-refractivity contribution in [2.45, 2.75) is 13.0 Å². The van der Waals surface area contributed by atoms with Gasteiger partial charge in [-0.15, -0.1) is 0 Å². The molecule has 0 radical (unpaired) electrons. The third kappa shape index (κ3) is 5.84. The van der Waals surface area contributed by atoms with Gasteiger partial charge in [-0.05, 0) is 25.1 Å². The van der Waals surface area contributed by atoms with Crippen LogP contribution in [-0.2, 0) is 9.59 Å². The minimum absolute atomic E-state index is 0.115. The Balaban J connectivity index is 1.75. The highest BCUT2D eigenvalue weighted by Gasteiger charge is 2.14. The van der Waals surface area contributed by atoms with Gasteiger partial charge in [-0.3, -0.25) is 9.59 Å². The molecule has 0 aromatic heterocycles. The molecule has 0 fully saturated rings. The molecule has 0 aliphatic heterocycles. The van der Waals surface area contributed by atoms with E-state index >= 15 is 0 Å². The molecule has 2 N–H and O–H groups in total. The minimum atomic E-state index is -0.357. The molecule has 132 valence electrons. The van der Waals surface area contributed by atoms with Gasteiger partial charge >= 0.3 is 0 Å². The summed E-state index contributed by atoms with van der Waals surface area (Å²) in [5.41, 5.74) is 0.872. The number of ether oxygens (including phenoxy) is 2. The minimum Gasteiger partial charge on any atom is -0.496 e. The summed E-state index contributed by atoms with van der Waals surface area (Å²) in [7, 11) is 1.58. The standard InChI is InChI=1S/C19H22N2O4/c1-14(16-10-6-7-11-17(16)24-2)21-18(22)12-20-19(23)13-25-15-8-4-3-5-9-15/h3-11,14H,12-13H2,1-2H3,(H,20,23)(H,21,22)/t14-/m1/s1. The molecule has 2 aromatic carbocycles. The van der Waals surface area contributed by atoms with Gasteiger partial charge in [0.05, 0.1) is 19.7 Å². The zero-order chi connectivity index (χ0) is 18.1. The van der Waals surface area contributed by atoms with Gasteiger partial charge in [0.1, 0.15) is 11.5 Å². The molecule has 2 amide bonds. The number of hydrogen-bond acceptors (Lipinski definition) is 4. The fourth-order valence-corrected chi connectivity index (χ4v) is 2.29. The molecule has 0 aliphatic carbocycles. The Morgan fingerprint density at radius 1 is 1.00 bits per heavy atom. The average molecular weight is 342 g/mol. The lowest BCUT2D eigenvalue weighted by Crippen LogP contribution is -2.39. The summed E-state index contributed by atoms with van der Waals surface area (Å²) in [6, 6.07) is 16.2. The normalized spacial score (nSPS) is 11.3. The number of hydrogen-bond donors (Lipinski definition) is 2. The maximum atomic E-state index is 12.0. The lowest BCUT2D eigenvalue weighted by atomic mass is 10.1. The highest BCUT2D eigenvalue weighted by atomic mass is 16.5. The second-order valence-electron chi connectivity index (χ2n) is 5.41. The maximum absolute atomic E-state index is 12.0. The maximum Gasteiger partial charge on any atom is 0.258 e. The van der Waals surface area contributed by atoms with Gasteiger partial charge in [-0.1, -0.05) is 36.4 Å². The molecule has 2 rings (SSSR count). The molecule has 0 saturated carbocycles. The first-order valence-electron chi connectivity index (χ1n) is 7.97. The van der Waals surface area contributed by atoms with Crippen molar-refractivity contribution in [1.29, 1.82) is 0 Å². The molecule has 25 heavy (non-hydrogen) atoms. The number of benzene rings is 2. The van der Waals surface area contributed by atoms with Crippen molar-refractivity contribution < 1.29 is 19.1 Å². The first kappa shape index (κ1) is 18.3. The Morgan fingerprint density at radius 3 is 2.40 bits per heavy atom. The Hall–Kier alpha value is -3.02. The number of methoxy groups -OCH3 is 1. The van der Waals surface area contributed by atoms with Crippen LogP contribution in [0.25, 0.3) is 0 Å². The van der Waals surface area contributed by atoms with E-state index < -0.39 is 0 Å². The number of amides is 2. The predicted molar refractivity (Wildman–Crippen MR) is 94.5 cm³/mol. The largest absolute Gasteiger partial charge is 0.496 e.